The lowest BCUT2D eigenvalue weighted by Crippen LogP contribution is -2.43. The lowest BCUT2D eigenvalue weighted by molar-refractivity contribution is -0.140. The van der Waals surface area contributed by atoms with Gasteiger partial charge in [-0.05, 0) is 12.1 Å². The topological polar surface area (TPSA) is 107 Å². The van der Waals surface area contributed by atoms with Crippen LogP contribution >= 0.6 is 0 Å². The van der Waals surface area contributed by atoms with E-state index in [2.05, 4.69) is 5.32 Å². The molecule has 2 N–H and O–H groups in total. The molecule has 6 nitrogen and oxygen atoms in total. The zero-order valence-electron chi connectivity index (χ0n) is 11.1. The molecule has 0 radical (unpaired) electrons. The Balaban J connectivity index is 2.75. The van der Waals surface area contributed by atoms with E-state index in [1.807, 2.05) is 0 Å². The number of rotatable bonds is 6. The number of carbonyl (C=O) groups excluding carboxylic acids is 1. The van der Waals surface area contributed by atoms with E-state index < -0.39 is 34.5 Å². The highest BCUT2D eigenvalue weighted by atomic mass is 32.2. The second-order valence-corrected chi connectivity index (χ2v) is 5.76. The highest BCUT2D eigenvalue weighted by Gasteiger charge is 2.21. The number of hydrogen-bond acceptors (Lipinski definition) is 4. The van der Waals surface area contributed by atoms with Crippen LogP contribution in [0.15, 0.2) is 18.2 Å². The fraction of sp³-hybridized carbons (Fsp3) is 0.308. The molecule has 112 valence electrons. The summed E-state index contributed by atoms with van der Waals surface area (Å²) in [4.78, 5) is 21.8. The molecule has 0 saturated carbocycles. The number of nitriles is 1. The van der Waals surface area contributed by atoms with Crippen LogP contribution in [0.25, 0.3) is 0 Å². The highest BCUT2D eigenvalue weighted by Crippen LogP contribution is 2.12. The lowest BCUT2D eigenvalue weighted by atomic mass is 10.1. The SMILES string of the molecule is CC(=O)NC(CS(=O)Cc1ccc(C#N)cc1F)C(=O)O. The summed E-state index contributed by atoms with van der Waals surface area (Å²) in [6.07, 6.45) is 0. The van der Waals surface area contributed by atoms with Gasteiger partial charge in [0.05, 0.1) is 23.1 Å². The van der Waals surface area contributed by atoms with Gasteiger partial charge in [-0.3, -0.25) is 9.00 Å². The van der Waals surface area contributed by atoms with Crippen molar-refractivity contribution in [1.29, 1.82) is 5.26 Å². The van der Waals surface area contributed by atoms with Crippen molar-refractivity contribution >= 4 is 22.7 Å². The van der Waals surface area contributed by atoms with Crippen LogP contribution in [0, 0.1) is 17.1 Å². The van der Waals surface area contributed by atoms with Crippen LogP contribution in [0.4, 0.5) is 4.39 Å². The van der Waals surface area contributed by atoms with Gasteiger partial charge >= 0.3 is 5.97 Å². The Morgan fingerprint density at radius 1 is 1.52 bits per heavy atom. The normalized spacial score (nSPS) is 13.0. The van der Waals surface area contributed by atoms with Crippen LogP contribution in [-0.4, -0.2) is 33.0 Å². The predicted octanol–water partition coefficient (Wildman–Crippen LogP) is 0.535. The summed E-state index contributed by atoms with van der Waals surface area (Å²) >= 11 is 0. The van der Waals surface area contributed by atoms with Crippen molar-refractivity contribution in [2.45, 2.75) is 18.7 Å². The van der Waals surface area contributed by atoms with Crippen molar-refractivity contribution in [1.82, 2.24) is 5.32 Å². The molecule has 0 bridgehead atoms. The smallest absolute Gasteiger partial charge is 0.327 e. The Hall–Kier alpha value is -2.27. The maximum atomic E-state index is 13.6. The van der Waals surface area contributed by atoms with Crippen LogP contribution in [0.1, 0.15) is 18.1 Å². The fourth-order valence-corrected chi connectivity index (χ4v) is 2.87. The third kappa shape index (κ3) is 5.31. The Morgan fingerprint density at radius 2 is 2.19 bits per heavy atom. The van der Waals surface area contributed by atoms with Crippen LogP contribution in [0.2, 0.25) is 0 Å². The van der Waals surface area contributed by atoms with Gasteiger partial charge in [-0.2, -0.15) is 5.26 Å². The second-order valence-electron chi connectivity index (χ2n) is 4.26. The molecular weight excluding hydrogens is 299 g/mol. The van der Waals surface area contributed by atoms with E-state index in [9.17, 15) is 18.2 Å². The number of nitrogens with one attached hydrogen (secondary N) is 1. The van der Waals surface area contributed by atoms with Gasteiger partial charge < -0.3 is 10.4 Å². The van der Waals surface area contributed by atoms with Crippen molar-refractivity contribution in [3.8, 4) is 6.07 Å². The van der Waals surface area contributed by atoms with Gasteiger partial charge in [0.25, 0.3) is 0 Å². The molecule has 2 unspecified atom stereocenters. The number of hydrogen-bond donors (Lipinski definition) is 2. The van der Waals surface area contributed by atoms with Crippen LogP contribution in [-0.2, 0) is 26.1 Å². The van der Waals surface area contributed by atoms with Crippen LogP contribution < -0.4 is 5.32 Å². The average Bonchev–Trinajstić information content (AvgIpc) is 2.39. The summed E-state index contributed by atoms with van der Waals surface area (Å²) in [6, 6.07) is 4.23. The standard InChI is InChI=1S/C13H13FN2O4S/c1-8(17)16-12(13(18)19)7-21(20)6-10-3-2-9(5-15)4-11(10)14/h2-4,12H,6-7H2,1H3,(H,16,17)(H,18,19). The molecule has 0 spiro atoms. The molecule has 1 aromatic carbocycles. The van der Waals surface area contributed by atoms with Crippen molar-refractivity contribution in [2.75, 3.05) is 5.75 Å². The number of halogens is 1. The third-order valence-corrected chi connectivity index (χ3v) is 3.86. The third-order valence-electron chi connectivity index (χ3n) is 2.53. The maximum absolute atomic E-state index is 13.6. The van der Waals surface area contributed by atoms with E-state index in [4.69, 9.17) is 10.4 Å². The Bertz CT molecular complexity index is 627. The molecule has 2 atom stereocenters. The quantitative estimate of drug-likeness (QED) is 0.797. The largest absolute Gasteiger partial charge is 0.480 e. The molecule has 0 aliphatic rings. The first-order valence-electron chi connectivity index (χ1n) is 5.87. The molecule has 21 heavy (non-hydrogen) atoms. The predicted molar refractivity (Wildman–Crippen MR) is 73.1 cm³/mol. The maximum Gasteiger partial charge on any atom is 0.327 e. The molecular formula is C13H13FN2O4S. The first-order valence-corrected chi connectivity index (χ1v) is 7.35. The molecule has 0 fully saturated rings. The van der Waals surface area contributed by atoms with Crippen molar-refractivity contribution < 1.29 is 23.3 Å². The zero-order valence-corrected chi connectivity index (χ0v) is 11.9. The average molecular weight is 312 g/mol. The minimum atomic E-state index is -1.68. The van der Waals surface area contributed by atoms with E-state index in [0.717, 1.165) is 13.0 Å². The summed E-state index contributed by atoms with van der Waals surface area (Å²) in [6.45, 7) is 1.15. The number of benzene rings is 1. The number of carboxylic acids is 1. The molecule has 8 heteroatoms. The first kappa shape index (κ1) is 16.8. The Morgan fingerprint density at radius 3 is 2.67 bits per heavy atom. The molecule has 0 heterocycles. The van der Waals surface area contributed by atoms with Gasteiger partial charge in [0.1, 0.15) is 11.9 Å². The van der Waals surface area contributed by atoms with Crippen molar-refractivity contribution in [2.24, 2.45) is 0 Å². The van der Waals surface area contributed by atoms with E-state index in [1.54, 1.807) is 6.07 Å². The second kappa shape index (κ2) is 7.50. The minimum Gasteiger partial charge on any atom is -0.480 e. The molecule has 0 aliphatic carbocycles. The number of nitrogens with zero attached hydrogens (tertiary/aromatic N) is 1. The Labute approximate surface area is 123 Å². The van der Waals surface area contributed by atoms with Gasteiger partial charge in [-0.1, -0.05) is 6.07 Å². The summed E-state index contributed by atoms with van der Waals surface area (Å²) in [5.74, 6) is -3.05. The summed E-state index contributed by atoms with van der Waals surface area (Å²) < 4.78 is 25.5. The number of aliphatic carboxylic acids is 1. The Kier molecular flexibility index (Phi) is 5.99. The number of carbonyl (C=O) groups is 2. The van der Waals surface area contributed by atoms with Gasteiger partial charge in [0.15, 0.2) is 0 Å². The van der Waals surface area contributed by atoms with Crippen LogP contribution in [0.3, 0.4) is 0 Å². The van der Waals surface area contributed by atoms with Crippen LogP contribution in [0.5, 0.6) is 0 Å². The fourth-order valence-electron chi connectivity index (χ4n) is 1.57. The van der Waals surface area contributed by atoms with E-state index in [0.29, 0.717) is 0 Å². The van der Waals surface area contributed by atoms with Gasteiger partial charge in [0.2, 0.25) is 5.91 Å². The minimum absolute atomic E-state index is 0.124. The first-order chi connectivity index (χ1) is 9.83. The summed E-state index contributed by atoms with van der Waals surface area (Å²) in [5, 5.41) is 19.7. The van der Waals surface area contributed by atoms with E-state index in [-0.39, 0.29) is 22.6 Å². The van der Waals surface area contributed by atoms with Gasteiger partial charge in [-0.25, -0.2) is 9.18 Å². The summed E-state index contributed by atoms with van der Waals surface area (Å²) in [7, 11) is -1.68. The molecule has 1 rings (SSSR count). The monoisotopic (exact) mass is 312 g/mol. The zero-order chi connectivity index (χ0) is 16.0. The van der Waals surface area contributed by atoms with E-state index >= 15 is 0 Å². The molecule has 1 aromatic rings. The van der Waals surface area contributed by atoms with Crippen molar-refractivity contribution in [3.05, 3.63) is 35.1 Å². The number of carboxylic acid groups (broad SMARTS) is 1. The molecule has 0 aromatic heterocycles. The van der Waals surface area contributed by atoms with Gasteiger partial charge in [-0.15, -0.1) is 0 Å². The molecule has 1 amide bonds. The van der Waals surface area contributed by atoms with E-state index in [1.165, 1.54) is 12.1 Å². The molecule has 0 aliphatic heterocycles. The van der Waals surface area contributed by atoms with Gasteiger partial charge in [0, 0.05) is 23.3 Å². The highest BCUT2D eigenvalue weighted by molar-refractivity contribution is 7.84. The lowest BCUT2D eigenvalue weighted by Gasteiger charge is -2.13. The molecule has 0 saturated heterocycles. The summed E-state index contributed by atoms with van der Waals surface area (Å²) in [5.41, 5.74) is 0.267. The number of amides is 1. The van der Waals surface area contributed by atoms with Crippen molar-refractivity contribution in [3.63, 3.8) is 0 Å².